The van der Waals surface area contributed by atoms with Gasteiger partial charge in [-0.25, -0.2) is 0 Å². The Morgan fingerprint density at radius 1 is 0.854 bits per heavy atom. The predicted octanol–water partition coefficient (Wildman–Crippen LogP) is 10.6. The van der Waals surface area contributed by atoms with E-state index >= 15 is 0 Å². The first-order valence-corrected chi connectivity index (χ1v) is 19.3. The normalized spacial score (nSPS) is 23.2. The van der Waals surface area contributed by atoms with Crippen molar-refractivity contribution in [1.29, 1.82) is 0 Å². The summed E-state index contributed by atoms with van der Waals surface area (Å²) >= 11 is 3.43. The summed E-state index contributed by atoms with van der Waals surface area (Å²) in [6.45, 7) is 5.38. The second-order valence-corrected chi connectivity index (χ2v) is 15.0. The van der Waals surface area contributed by atoms with Crippen molar-refractivity contribution in [3.63, 3.8) is 0 Å². The molecule has 8 rings (SSSR count). The molecule has 0 saturated heterocycles. The summed E-state index contributed by atoms with van der Waals surface area (Å²) in [5, 5.41) is 5.82. The van der Waals surface area contributed by atoms with Gasteiger partial charge in [-0.05, 0) is 75.2 Å². The minimum Gasteiger partial charge on any atom is -0.492 e. The highest BCUT2D eigenvalue weighted by atomic mass is 32.1. The molecule has 1 amide bonds. The molecule has 0 aromatic carbocycles. The lowest BCUT2D eigenvalue weighted by atomic mass is 9.87. The van der Waals surface area contributed by atoms with Crippen LogP contribution in [0.25, 0.3) is 0 Å². The van der Waals surface area contributed by atoms with Crippen LogP contribution in [0.5, 0.6) is 11.5 Å². The number of ether oxygens (including phenoxy) is 2. The summed E-state index contributed by atoms with van der Waals surface area (Å²) in [5.41, 5.74) is 5.39. The zero-order valence-corrected chi connectivity index (χ0v) is 29.9. The fourth-order valence-corrected chi connectivity index (χ4v) is 9.14. The Labute approximate surface area is 293 Å². The van der Waals surface area contributed by atoms with E-state index in [0.29, 0.717) is 11.8 Å². The molecule has 0 saturated carbocycles. The third-order valence-corrected chi connectivity index (χ3v) is 11.7. The van der Waals surface area contributed by atoms with Crippen LogP contribution in [0.15, 0.2) is 79.5 Å². The summed E-state index contributed by atoms with van der Waals surface area (Å²) < 4.78 is 11.3. The zero-order valence-electron chi connectivity index (χ0n) is 28.3. The first-order chi connectivity index (χ1) is 23.5. The van der Waals surface area contributed by atoms with Gasteiger partial charge >= 0.3 is 0 Å². The van der Waals surface area contributed by atoms with Gasteiger partial charge in [-0.3, -0.25) is 19.8 Å². The van der Waals surface area contributed by atoms with Gasteiger partial charge in [-0.2, -0.15) is 0 Å². The van der Waals surface area contributed by atoms with Crippen LogP contribution in [0.4, 0.5) is 5.00 Å². The molecule has 1 aliphatic carbocycles. The number of aliphatic imine (C=N–C) groups is 3. The highest BCUT2D eigenvalue weighted by Gasteiger charge is 2.26. The van der Waals surface area contributed by atoms with E-state index in [0.717, 1.165) is 80.6 Å². The number of fused-ring (bicyclic) bond motifs is 2. The molecule has 7 heterocycles. The topological polar surface area (TPSA) is 84.6 Å². The van der Waals surface area contributed by atoms with E-state index in [1.54, 1.807) is 16.9 Å². The van der Waals surface area contributed by atoms with E-state index in [-0.39, 0.29) is 5.91 Å². The highest BCUT2D eigenvalue weighted by Crippen LogP contribution is 2.45. The Balaban J connectivity index is 0.000000127. The molecule has 0 fully saturated rings. The van der Waals surface area contributed by atoms with Crippen molar-refractivity contribution < 1.29 is 14.3 Å². The maximum Gasteiger partial charge on any atom is 0.221 e. The lowest BCUT2D eigenvalue weighted by Crippen LogP contribution is -2.12. The smallest absolute Gasteiger partial charge is 0.221 e. The molecule has 2 aromatic heterocycles. The van der Waals surface area contributed by atoms with Crippen molar-refractivity contribution in [3.05, 3.63) is 74.2 Å². The van der Waals surface area contributed by atoms with Crippen molar-refractivity contribution in [2.24, 2.45) is 20.9 Å². The molecule has 0 spiro atoms. The van der Waals surface area contributed by atoms with Crippen LogP contribution in [0, 0.1) is 5.92 Å². The van der Waals surface area contributed by atoms with Gasteiger partial charge in [0.25, 0.3) is 0 Å². The number of carbonyl (C=O) groups excluding carboxylic acids is 1. The van der Waals surface area contributed by atoms with Gasteiger partial charge in [-0.1, -0.05) is 36.8 Å². The van der Waals surface area contributed by atoms with Gasteiger partial charge in [0.1, 0.15) is 11.5 Å². The molecule has 0 radical (unpaired) electrons. The number of anilines is 1. The van der Waals surface area contributed by atoms with E-state index in [4.69, 9.17) is 9.47 Å². The molecule has 254 valence electrons. The lowest BCUT2D eigenvalue weighted by Gasteiger charge is -2.22. The number of nitrogens with zero attached hydrogens (tertiary/aromatic N) is 3. The number of hydrogen-bond donors (Lipinski definition) is 1. The summed E-state index contributed by atoms with van der Waals surface area (Å²) in [4.78, 5) is 26.9. The number of amides is 1. The summed E-state index contributed by atoms with van der Waals surface area (Å²) in [5.74, 6) is 3.82. The van der Waals surface area contributed by atoms with Gasteiger partial charge in [0.15, 0.2) is 0 Å². The number of hydrogen-bond acceptors (Lipinski definition) is 8. The Hall–Kier alpha value is -3.56. The molecule has 1 N–H and O–H groups in total. The largest absolute Gasteiger partial charge is 0.492 e. The zero-order chi connectivity index (χ0) is 33.1. The monoisotopic (exact) mass is 684 g/mol. The Morgan fingerprint density at radius 3 is 2.08 bits per heavy atom. The van der Waals surface area contributed by atoms with Crippen LogP contribution in [0.2, 0.25) is 0 Å². The number of nitrogens with one attached hydrogen (secondary N) is 1. The van der Waals surface area contributed by atoms with Gasteiger partial charge in [0.05, 0.1) is 28.0 Å². The molecular formula is C39H48N4O3S2. The second kappa shape index (κ2) is 17.2. The van der Waals surface area contributed by atoms with E-state index < -0.39 is 0 Å². The van der Waals surface area contributed by atoms with E-state index in [2.05, 4.69) is 63.0 Å². The van der Waals surface area contributed by atoms with Gasteiger partial charge in [-0.15, -0.1) is 22.7 Å². The first kappa shape index (κ1) is 34.3. The molecular weight excluding hydrogens is 637 g/mol. The molecule has 6 aliphatic rings. The molecule has 9 heteroatoms. The van der Waals surface area contributed by atoms with Crippen LogP contribution < -0.4 is 14.8 Å². The van der Waals surface area contributed by atoms with Crippen LogP contribution in [0.1, 0.15) is 112 Å². The fraction of sp³-hybridized carbons (Fsp3) is 0.487. The molecule has 5 aliphatic heterocycles. The Morgan fingerprint density at radius 2 is 1.48 bits per heavy atom. The second-order valence-electron chi connectivity index (χ2n) is 13.0. The average molecular weight is 685 g/mol. The fourth-order valence-electron chi connectivity index (χ4n) is 6.98. The molecule has 7 nitrogen and oxygen atoms in total. The van der Waals surface area contributed by atoms with Crippen LogP contribution in [-0.4, -0.2) is 37.8 Å². The van der Waals surface area contributed by atoms with E-state index in [1.807, 2.05) is 36.0 Å². The quantitative estimate of drug-likeness (QED) is 0.281. The van der Waals surface area contributed by atoms with Crippen molar-refractivity contribution in [2.75, 3.05) is 18.5 Å². The Kier molecular flexibility index (Phi) is 12.3. The third kappa shape index (κ3) is 9.53. The van der Waals surface area contributed by atoms with Gasteiger partial charge in [0, 0.05) is 79.8 Å². The third-order valence-electron chi connectivity index (χ3n) is 9.40. The van der Waals surface area contributed by atoms with Crippen LogP contribution in [0.3, 0.4) is 0 Å². The minimum absolute atomic E-state index is 0.0433. The highest BCUT2D eigenvalue weighted by molar-refractivity contribution is 7.16. The van der Waals surface area contributed by atoms with E-state index in [9.17, 15) is 4.79 Å². The molecule has 3 unspecified atom stereocenters. The number of carbonyl (C=O) groups is 1. The van der Waals surface area contributed by atoms with Crippen molar-refractivity contribution in [2.45, 2.75) is 103 Å². The summed E-state index contributed by atoms with van der Waals surface area (Å²) in [7, 11) is 0. The SMILES string of the molecule is C1=NC(CC2CCOc3ccsc32)=CC1.CC(=O)Nc1cc2c(s1)C(CC1=CCC=N1)CCO2.CCC1=CC(CC2=CCC=N2)CCC1. The summed E-state index contributed by atoms with van der Waals surface area (Å²) in [6.07, 6.45) is 28.8. The molecule has 3 atom stereocenters. The summed E-state index contributed by atoms with van der Waals surface area (Å²) in [6, 6.07) is 4.01. The van der Waals surface area contributed by atoms with Gasteiger partial charge in [0.2, 0.25) is 5.91 Å². The standard InChI is InChI=1S/C14H16N2O2S.C13H19N.C12H13NOS/c1-9(17)16-13-8-12-14(19-13)10(4-6-18-12)7-11-3-2-5-15-11;1-2-11-5-3-6-12(9-11)10-13-7-4-8-14-13;1-2-10(13-5-1)8-9-3-6-14-11-4-7-15-12(9)11/h3,5,8,10H,2,4,6-7H2,1H3,(H,16,17);7-9,12H,2-6,10H2,1H3;2,4-5,7,9H,1,3,6,8H2. The number of rotatable bonds is 8. The predicted molar refractivity (Wildman–Crippen MR) is 202 cm³/mol. The maximum absolute atomic E-state index is 11.1. The minimum atomic E-state index is -0.0433. The Bertz CT molecular complexity index is 1640. The van der Waals surface area contributed by atoms with Crippen molar-refractivity contribution in [1.82, 2.24) is 0 Å². The number of thiophene rings is 2. The van der Waals surface area contributed by atoms with Crippen LogP contribution in [-0.2, 0) is 4.79 Å². The number of allylic oxidation sites excluding steroid dienone is 8. The van der Waals surface area contributed by atoms with Gasteiger partial charge < -0.3 is 14.8 Å². The molecule has 0 bridgehead atoms. The van der Waals surface area contributed by atoms with Crippen molar-refractivity contribution in [3.8, 4) is 11.5 Å². The van der Waals surface area contributed by atoms with Crippen LogP contribution >= 0.6 is 22.7 Å². The van der Waals surface area contributed by atoms with E-state index in [1.165, 1.54) is 65.9 Å². The maximum atomic E-state index is 11.1. The molecule has 2 aromatic rings. The first-order valence-electron chi connectivity index (χ1n) is 17.6. The van der Waals surface area contributed by atoms with Crippen molar-refractivity contribution >= 4 is 52.2 Å². The lowest BCUT2D eigenvalue weighted by molar-refractivity contribution is -0.114. The molecule has 48 heavy (non-hydrogen) atoms. The average Bonchev–Trinajstić information content (AvgIpc) is 3.93.